The second kappa shape index (κ2) is 8.70. The Bertz CT molecular complexity index is 635. The van der Waals surface area contributed by atoms with Crippen LogP contribution in [0.5, 0.6) is 0 Å². The highest BCUT2D eigenvalue weighted by molar-refractivity contribution is 6.77. The fourth-order valence-electron chi connectivity index (χ4n) is 4.79. The van der Waals surface area contributed by atoms with Gasteiger partial charge in [0.2, 0.25) is 14.2 Å². The minimum atomic E-state index is -2.22. The summed E-state index contributed by atoms with van der Waals surface area (Å²) in [7, 11) is -2.22. The van der Waals surface area contributed by atoms with Crippen molar-refractivity contribution in [2.24, 2.45) is 0 Å². The van der Waals surface area contributed by atoms with Gasteiger partial charge in [0.1, 0.15) is 0 Å². The summed E-state index contributed by atoms with van der Waals surface area (Å²) in [5.74, 6) is -0.261. The standard InChI is InChI=1S/C22H35NO3Si/c1-8-12-19(24)23-20(18-13-10-9-11-14-18)21(22(23)25)26-27(15(2)3,16(4)5)17(6)7/h9-11,13-17,20-21H,8,12H2,1-7H3/t20-,21+/m0/s1. The predicted octanol–water partition coefficient (Wildman–Crippen LogP) is 5.46. The molecule has 5 heteroatoms. The summed E-state index contributed by atoms with van der Waals surface area (Å²) in [4.78, 5) is 27.0. The van der Waals surface area contributed by atoms with Crippen LogP contribution in [-0.4, -0.2) is 31.1 Å². The average molecular weight is 390 g/mol. The molecule has 2 atom stereocenters. The molecule has 0 aromatic heterocycles. The number of rotatable bonds is 8. The van der Waals surface area contributed by atoms with Crippen LogP contribution >= 0.6 is 0 Å². The number of benzene rings is 1. The Hall–Kier alpha value is -1.46. The number of likely N-dealkylation sites (tertiary alicyclic amines) is 1. The quantitative estimate of drug-likeness (QED) is 0.438. The molecule has 2 rings (SSSR count). The molecule has 1 aliphatic heterocycles. The van der Waals surface area contributed by atoms with E-state index in [0.29, 0.717) is 23.0 Å². The topological polar surface area (TPSA) is 46.6 Å². The zero-order valence-corrected chi connectivity index (χ0v) is 18.9. The first-order valence-corrected chi connectivity index (χ1v) is 12.4. The second-order valence-corrected chi connectivity index (χ2v) is 14.0. The summed E-state index contributed by atoms with van der Waals surface area (Å²) >= 11 is 0. The largest absolute Gasteiger partial charge is 0.402 e. The molecule has 2 amide bonds. The van der Waals surface area contributed by atoms with Crippen molar-refractivity contribution in [3.63, 3.8) is 0 Å². The van der Waals surface area contributed by atoms with Gasteiger partial charge in [-0.05, 0) is 28.6 Å². The number of β-lactam (4-membered cyclic amide) rings is 1. The minimum absolute atomic E-state index is 0.0953. The van der Waals surface area contributed by atoms with E-state index in [0.717, 1.165) is 12.0 Å². The van der Waals surface area contributed by atoms with Crippen molar-refractivity contribution >= 4 is 20.1 Å². The maximum atomic E-state index is 13.0. The third kappa shape index (κ3) is 3.90. The summed E-state index contributed by atoms with van der Waals surface area (Å²) in [5.41, 5.74) is 2.15. The molecule has 0 radical (unpaired) electrons. The zero-order valence-electron chi connectivity index (χ0n) is 17.9. The van der Waals surface area contributed by atoms with Gasteiger partial charge in [0.25, 0.3) is 5.91 Å². The summed E-state index contributed by atoms with van der Waals surface area (Å²) in [6.07, 6.45) is 0.577. The minimum Gasteiger partial charge on any atom is -0.402 e. The van der Waals surface area contributed by atoms with Crippen LogP contribution in [0.15, 0.2) is 30.3 Å². The van der Waals surface area contributed by atoms with E-state index in [-0.39, 0.29) is 17.9 Å². The fourth-order valence-corrected chi connectivity index (χ4v) is 10.3. The van der Waals surface area contributed by atoms with Gasteiger partial charge in [-0.15, -0.1) is 0 Å². The van der Waals surface area contributed by atoms with E-state index in [1.54, 1.807) is 0 Å². The Morgan fingerprint density at radius 2 is 1.56 bits per heavy atom. The Balaban J connectivity index is 2.42. The SMILES string of the molecule is CCCC(=O)N1C(=O)[C@H](O[Si](C(C)C)(C(C)C)C(C)C)[C@@H]1c1ccccc1. The van der Waals surface area contributed by atoms with Gasteiger partial charge in [-0.1, -0.05) is 78.8 Å². The highest BCUT2D eigenvalue weighted by atomic mass is 28.4. The molecule has 1 aliphatic rings. The molecule has 0 spiro atoms. The molecule has 4 nitrogen and oxygen atoms in total. The lowest BCUT2D eigenvalue weighted by Gasteiger charge is -2.52. The number of hydrogen-bond donors (Lipinski definition) is 0. The van der Waals surface area contributed by atoms with Gasteiger partial charge < -0.3 is 4.43 Å². The van der Waals surface area contributed by atoms with Crippen molar-refractivity contribution in [3.05, 3.63) is 35.9 Å². The molecule has 1 heterocycles. The normalized spacial score (nSPS) is 20.5. The molecule has 1 aromatic carbocycles. The summed E-state index contributed by atoms with van der Waals surface area (Å²) in [6.45, 7) is 15.3. The van der Waals surface area contributed by atoms with Crippen LogP contribution in [0.4, 0.5) is 0 Å². The lowest BCUT2D eigenvalue weighted by molar-refractivity contribution is -0.173. The summed E-state index contributed by atoms with van der Waals surface area (Å²) in [6, 6.07) is 9.53. The first kappa shape index (κ1) is 21.8. The van der Waals surface area contributed by atoms with Gasteiger partial charge in [-0.3, -0.25) is 14.5 Å². The lowest BCUT2D eigenvalue weighted by Crippen LogP contribution is -2.66. The number of imide groups is 1. The van der Waals surface area contributed by atoms with E-state index >= 15 is 0 Å². The highest BCUT2D eigenvalue weighted by Gasteiger charge is 2.57. The molecular formula is C22H35NO3Si. The van der Waals surface area contributed by atoms with Crippen molar-refractivity contribution in [3.8, 4) is 0 Å². The van der Waals surface area contributed by atoms with Crippen molar-refractivity contribution in [2.75, 3.05) is 0 Å². The van der Waals surface area contributed by atoms with Crippen LogP contribution in [0, 0.1) is 0 Å². The van der Waals surface area contributed by atoms with E-state index in [1.165, 1.54) is 4.90 Å². The van der Waals surface area contributed by atoms with E-state index < -0.39 is 14.4 Å². The molecule has 0 aliphatic carbocycles. The van der Waals surface area contributed by atoms with Gasteiger partial charge >= 0.3 is 0 Å². The van der Waals surface area contributed by atoms with Crippen LogP contribution in [0.25, 0.3) is 0 Å². The predicted molar refractivity (Wildman–Crippen MR) is 112 cm³/mol. The molecule has 0 bridgehead atoms. The molecule has 0 N–H and O–H groups in total. The first-order chi connectivity index (χ1) is 12.7. The number of carbonyl (C=O) groups excluding carboxylic acids is 2. The number of nitrogens with zero attached hydrogens (tertiary/aromatic N) is 1. The van der Waals surface area contributed by atoms with Crippen LogP contribution in [-0.2, 0) is 14.0 Å². The third-order valence-electron chi connectivity index (χ3n) is 5.96. The molecule has 150 valence electrons. The Kier molecular flexibility index (Phi) is 7.03. The maximum Gasteiger partial charge on any atom is 0.260 e. The first-order valence-electron chi connectivity index (χ1n) is 10.3. The second-order valence-electron chi connectivity index (χ2n) is 8.56. The van der Waals surface area contributed by atoms with Gasteiger partial charge in [0.15, 0.2) is 6.10 Å². The zero-order chi connectivity index (χ0) is 20.4. The van der Waals surface area contributed by atoms with Gasteiger partial charge in [-0.2, -0.15) is 0 Å². The smallest absolute Gasteiger partial charge is 0.260 e. The van der Waals surface area contributed by atoms with Crippen LogP contribution < -0.4 is 0 Å². The van der Waals surface area contributed by atoms with Gasteiger partial charge in [0.05, 0.1) is 6.04 Å². The number of amides is 2. The fraction of sp³-hybridized carbons (Fsp3) is 0.636. The van der Waals surface area contributed by atoms with E-state index in [1.807, 2.05) is 37.3 Å². The number of carbonyl (C=O) groups is 2. The third-order valence-corrected chi connectivity index (χ3v) is 12.0. The molecule has 1 aromatic rings. The van der Waals surface area contributed by atoms with E-state index in [4.69, 9.17) is 4.43 Å². The lowest BCUT2D eigenvalue weighted by atomic mass is 9.90. The van der Waals surface area contributed by atoms with E-state index in [9.17, 15) is 9.59 Å². The van der Waals surface area contributed by atoms with Crippen molar-refractivity contribution < 1.29 is 14.0 Å². The molecule has 1 saturated heterocycles. The Morgan fingerprint density at radius 1 is 1.04 bits per heavy atom. The Labute approximate surface area is 165 Å². The molecule has 1 fully saturated rings. The average Bonchev–Trinajstić information content (AvgIpc) is 2.59. The van der Waals surface area contributed by atoms with Crippen LogP contribution in [0.2, 0.25) is 16.6 Å². The molecule has 0 saturated carbocycles. The van der Waals surface area contributed by atoms with Crippen molar-refractivity contribution in [2.45, 2.75) is 90.1 Å². The van der Waals surface area contributed by atoms with Crippen LogP contribution in [0.3, 0.4) is 0 Å². The van der Waals surface area contributed by atoms with Gasteiger partial charge in [-0.25, -0.2) is 0 Å². The van der Waals surface area contributed by atoms with E-state index in [2.05, 4.69) is 41.5 Å². The molecular weight excluding hydrogens is 354 g/mol. The number of hydrogen-bond acceptors (Lipinski definition) is 3. The molecule has 27 heavy (non-hydrogen) atoms. The maximum absolute atomic E-state index is 13.0. The highest BCUT2D eigenvalue weighted by Crippen LogP contribution is 2.47. The molecule has 0 unspecified atom stereocenters. The van der Waals surface area contributed by atoms with Gasteiger partial charge in [0, 0.05) is 6.42 Å². The monoisotopic (exact) mass is 389 g/mol. The van der Waals surface area contributed by atoms with Crippen molar-refractivity contribution in [1.82, 2.24) is 4.90 Å². The summed E-state index contributed by atoms with van der Waals surface area (Å²) < 4.78 is 6.79. The van der Waals surface area contributed by atoms with Crippen LogP contribution in [0.1, 0.15) is 72.9 Å². The Morgan fingerprint density at radius 3 is 2.00 bits per heavy atom. The summed E-state index contributed by atoms with van der Waals surface area (Å²) in [5, 5.41) is 0. The van der Waals surface area contributed by atoms with Crippen molar-refractivity contribution in [1.29, 1.82) is 0 Å².